The summed E-state index contributed by atoms with van der Waals surface area (Å²) in [4.78, 5) is 25.4. The van der Waals surface area contributed by atoms with Crippen molar-refractivity contribution in [1.82, 2.24) is 24.3 Å². The number of rotatable bonds is 3. The zero-order valence-corrected chi connectivity index (χ0v) is 15.0. The number of amides is 2. The largest absolute Gasteiger partial charge is 0.378 e. The second kappa shape index (κ2) is 7.86. The van der Waals surface area contributed by atoms with E-state index in [1.807, 2.05) is 46.7 Å². The summed E-state index contributed by atoms with van der Waals surface area (Å²) in [5.41, 5.74) is 1.20. The minimum Gasteiger partial charge on any atom is -0.378 e. The predicted octanol–water partition coefficient (Wildman–Crippen LogP) is 1.96. The molecular formula is C19H25N5O2. The van der Waals surface area contributed by atoms with Crippen LogP contribution in [0.1, 0.15) is 30.1 Å². The van der Waals surface area contributed by atoms with E-state index in [9.17, 15) is 4.79 Å². The number of carbonyl (C=O) groups excluding carboxylic acids is 1. The van der Waals surface area contributed by atoms with E-state index in [-0.39, 0.29) is 11.9 Å². The molecule has 1 atom stereocenters. The van der Waals surface area contributed by atoms with Crippen molar-refractivity contribution in [2.24, 2.45) is 0 Å². The molecule has 0 aliphatic carbocycles. The van der Waals surface area contributed by atoms with Crippen molar-refractivity contribution < 1.29 is 9.53 Å². The second-order valence-electron chi connectivity index (χ2n) is 6.94. The summed E-state index contributed by atoms with van der Waals surface area (Å²) < 4.78 is 7.56. The summed E-state index contributed by atoms with van der Waals surface area (Å²) in [7, 11) is 0. The molecule has 2 amide bonds. The number of morpholine rings is 1. The molecule has 7 nitrogen and oxygen atoms in total. The quantitative estimate of drug-likeness (QED) is 0.844. The molecule has 138 valence electrons. The highest BCUT2D eigenvalue weighted by molar-refractivity contribution is 5.74. The summed E-state index contributed by atoms with van der Waals surface area (Å²) in [5, 5.41) is 0. The summed E-state index contributed by atoms with van der Waals surface area (Å²) in [6.45, 7) is 5.01. The number of hydrogen-bond acceptors (Lipinski definition) is 4. The van der Waals surface area contributed by atoms with Gasteiger partial charge in [-0.1, -0.05) is 0 Å². The van der Waals surface area contributed by atoms with Crippen LogP contribution in [-0.4, -0.2) is 69.8 Å². The van der Waals surface area contributed by atoms with Crippen LogP contribution in [0.15, 0.2) is 36.9 Å². The SMILES string of the molecule is O=C(N1CCOCC1)N1CCCC(c2nccn2Cc2ccncc2)C1. The van der Waals surface area contributed by atoms with Gasteiger partial charge in [0, 0.05) is 63.4 Å². The Morgan fingerprint density at radius 3 is 2.73 bits per heavy atom. The van der Waals surface area contributed by atoms with E-state index in [0.717, 1.165) is 38.3 Å². The van der Waals surface area contributed by atoms with Crippen molar-refractivity contribution in [3.8, 4) is 0 Å². The molecule has 1 unspecified atom stereocenters. The van der Waals surface area contributed by atoms with E-state index in [1.54, 1.807) is 0 Å². The van der Waals surface area contributed by atoms with Crippen LogP contribution in [0.2, 0.25) is 0 Å². The fourth-order valence-electron chi connectivity index (χ4n) is 3.82. The zero-order chi connectivity index (χ0) is 17.8. The Morgan fingerprint density at radius 2 is 1.92 bits per heavy atom. The van der Waals surface area contributed by atoms with Gasteiger partial charge in [0.25, 0.3) is 0 Å². The molecule has 2 fully saturated rings. The Hall–Kier alpha value is -2.41. The molecule has 0 saturated carbocycles. The number of urea groups is 1. The first kappa shape index (κ1) is 17.0. The van der Waals surface area contributed by atoms with Crippen LogP contribution in [0.25, 0.3) is 0 Å². The number of hydrogen-bond donors (Lipinski definition) is 0. The van der Waals surface area contributed by atoms with Gasteiger partial charge >= 0.3 is 6.03 Å². The summed E-state index contributed by atoms with van der Waals surface area (Å²) >= 11 is 0. The molecule has 2 saturated heterocycles. The van der Waals surface area contributed by atoms with Gasteiger partial charge in [-0.25, -0.2) is 9.78 Å². The molecule has 2 aromatic rings. The smallest absolute Gasteiger partial charge is 0.320 e. The van der Waals surface area contributed by atoms with Crippen molar-refractivity contribution >= 4 is 6.03 Å². The molecular weight excluding hydrogens is 330 g/mol. The van der Waals surface area contributed by atoms with E-state index >= 15 is 0 Å². The molecule has 2 aromatic heterocycles. The summed E-state index contributed by atoms with van der Waals surface area (Å²) in [5.74, 6) is 1.35. The van der Waals surface area contributed by atoms with Crippen molar-refractivity contribution in [3.05, 3.63) is 48.3 Å². The second-order valence-corrected chi connectivity index (χ2v) is 6.94. The molecule has 2 aliphatic rings. The van der Waals surface area contributed by atoms with Crippen molar-refractivity contribution in [1.29, 1.82) is 0 Å². The Balaban J connectivity index is 1.45. The number of imidazole rings is 1. The Morgan fingerprint density at radius 1 is 1.12 bits per heavy atom. The molecule has 7 heteroatoms. The maximum atomic E-state index is 12.8. The van der Waals surface area contributed by atoms with Crippen LogP contribution < -0.4 is 0 Å². The highest BCUT2D eigenvalue weighted by Gasteiger charge is 2.30. The monoisotopic (exact) mass is 355 g/mol. The first-order chi connectivity index (χ1) is 12.8. The van der Waals surface area contributed by atoms with Gasteiger partial charge in [-0.15, -0.1) is 0 Å². The minimum atomic E-state index is 0.144. The number of pyridine rings is 1. The Bertz CT molecular complexity index is 727. The average Bonchev–Trinajstić information content (AvgIpc) is 3.17. The van der Waals surface area contributed by atoms with Crippen LogP contribution in [0, 0.1) is 0 Å². The zero-order valence-electron chi connectivity index (χ0n) is 15.0. The molecule has 0 bridgehead atoms. The molecule has 2 aliphatic heterocycles. The summed E-state index contributed by atoms with van der Waals surface area (Å²) in [6, 6.07) is 4.20. The molecule has 0 N–H and O–H groups in total. The normalized spacial score (nSPS) is 21.0. The van der Waals surface area contributed by atoms with E-state index in [4.69, 9.17) is 4.74 Å². The fourth-order valence-corrected chi connectivity index (χ4v) is 3.82. The molecule has 0 spiro atoms. The highest BCUT2D eigenvalue weighted by Crippen LogP contribution is 2.27. The van der Waals surface area contributed by atoms with Crippen molar-refractivity contribution in [2.75, 3.05) is 39.4 Å². The average molecular weight is 355 g/mol. The molecule has 4 rings (SSSR count). The molecule has 0 radical (unpaired) electrons. The van der Waals surface area contributed by atoms with E-state index < -0.39 is 0 Å². The van der Waals surface area contributed by atoms with Gasteiger partial charge in [0.05, 0.1) is 13.2 Å². The third-order valence-corrected chi connectivity index (χ3v) is 5.19. The van der Waals surface area contributed by atoms with Crippen LogP contribution >= 0.6 is 0 Å². The first-order valence-electron chi connectivity index (χ1n) is 9.33. The topological polar surface area (TPSA) is 63.5 Å². The third kappa shape index (κ3) is 3.72. The van der Waals surface area contributed by atoms with Gasteiger partial charge in [0.15, 0.2) is 0 Å². The van der Waals surface area contributed by atoms with E-state index in [2.05, 4.69) is 14.5 Å². The highest BCUT2D eigenvalue weighted by atomic mass is 16.5. The molecule has 0 aromatic carbocycles. The molecule has 26 heavy (non-hydrogen) atoms. The number of ether oxygens (including phenoxy) is 1. The van der Waals surface area contributed by atoms with Gasteiger partial charge < -0.3 is 19.1 Å². The van der Waals surface area contributed by atoms with E-state index in [0.29, 0.717) is 26.3 Å². The summed E-state index contributed by atoms with van der Waals surface area (Å²) in [6.07, 6.45) is 9.60. The number of aromatic nitrogens is 3. The molecule has 4 heterocycles. The standard InChI is InChI=1S/C19H25N5O2/c25-19(22-10-12-26-13-11-22)24-8-1-2-17(15-24)18-21-7-9-23(18)14-16-3-5-20-6-4-16/h3-7,9,17H,1-2,8,10-15H2. The maximum absolute atomic E-state index is 12.8. The van der Waals surface area contributed by atoms with Crippen LogP contribution in [-0.2, 0) is 11.3 Å². The van der Waals surface area contributed by atoms with Crippen LogP contribution in [0.3, 0.4) is 0 Å². The Labute approximate surface area is 153 Å². The van der Waals surface area contributed by atoms with Gasteiger partial charge in [0.2, 0.25) is 0 Å². The van der Waals surface area contributed by atoms with Crippen LogP contribution in [0.5, 0.6) is 0 Å². The predicted molar refractivity (Wildman–Crippen MR) is 96.9 cm³/mol. The lowest BCUT2D eigenvalue weighted by atomic mass is 9.97. The lowest BCUT2D eigenvalue weighted by molar-refractivity contribution is 0.0407. The van der Waals surface area contributed by atoms with Crippen LogP contribution in [0.4, 0.5) is 4.79 Å². The number of carbonyl (C=O) groups is 1. The van der Waals surface area contributed by atoms with Gasteiger partial charge in [-0.2, -0.15) is 0 Å². The van der Waals surface area contributed by atoms with Gasteiger partial charge in [-0.3, -0.25) is 4.98 Å². The van der Waals surface area contributed by atoms with Gasteiger partial charge in [0.1, 0.15) is 5.82 Å². The van der Waals surface area contributed by atoms with Crippen molar-refractivity contribution in [3.63, 3.8) is 0 Å². The number of likely N-dealkylation sites (tertiary alicyclic amines) is 1. The first-order valence-corrected chi connectivity index (χ1v) is 9.33. The number of piperidine rings is 1. The van der Waals surface area contributed by atoms with Gasteiger partial charge in [-0.05, 0) is 30.5 Å². The number of nitrogens with zero attached hydrogens (tertiary/aromatic N) is 5. The lowest BCUT2D eigenvalue weighted by Crippen LogP contribution is -2.50. The Kier molecular flexibility index (Phi) is 5.15. The minimum absolute atomic E-state index is 0.144. The maximum Gasteiger partial charge on any atom is 0.320 e. The third-order valence-electron chi connectivity index (χ3n) is 5.19. The van der Waals surface area contributed by atoms with Crippen molar-refractivity contribution in [2.45, 2.75) is 25.3 Å². The lowest BCUT2D eigenvalue weighted by Gasteiger charge is -2.37. The fraction of sp³-hybridized carbons (Fsp3) is 0.526. The van der Waals surface area contributed by atoms with E-state index in [1.165, 1.54) is 5.56 Å².